The SMILES string of the molecule is C#CC#CC#CC#CC#CC#CC#CC#CC#CC#CC#CC#CC#CC#CC(C)CC. The third-order valence-corrected chi connectivity index (χ3v) is 2.50. The lowest BCUT2D eigenvalue weighted by molar-refractivity contribution is 0.723. The van der Waals surface area contributed by atoms with E-state index in [2.05, 4.69) is 167 Å². The molecule has 32 heavy (non-hydrogen) atoms. The van der Waals surface area contributed by atoms with Crippen molar-refractivity contribution in [1.82, 2.24) is 0 Å². The molecule has 0 nitrogen and oxygen atoms in total. The minimum absolute atomic E-state index is 0.336. The summed E-state index contributed by atoms with van der Waals surface area (Å²) in [7, 11) is 0. The zero-order valence-corrected chi connectivity index (χ0v) is 17.4. The largest absolute Gasteiger partial charge is 0.106 e. The van der Waals surface area contributed by atoms with Crippen molar-refractivity contribution in [2.45, 2.75) is 20.3 Å². The lowest BCUT2D eigenvalue weighted by Gasteiger charge is -1.91. The summed E-state index contributed by atoms with van der Waals surface area (Å²) >= 11 is 0. The van der Waals surface area contributed by atoms with Crippen LogP contribution in [0.4, 0.5) is 0 Å². The first-order valence-electron chi connectivity index (χ1n) is 8.77. The Morgan fingerprint density at radius 2 is 0.625 bits per heavy atom. The highest BCUT2D eigenvalue weighted by Crippen LogP contribution is 1.95. The van der Waals surface area contributed by atoms with Crippen molar-refractivity contribution in [2.75, 3.05) is 0 Å². The highest BCUT2D eigenvalue weighted by Gasteiger charge is 1.86. The first-order valence-corrected chi connectivity index (χ1v) is 8.77. The number of rotatable bonds is 1. The van der Waals surface area contributed by atoms with Crippen LogP contribution >= 0.6 is 0 Å². The van der Waals surface area contributed by atoms with Gasteiger partial charge in [-0.2, -0.15) is 0 Å². The van der Waals surface area contributed by atoms with E-state index in [1.165, 1.54) is 0 Å². The van der Waals surface area contributed by atoms with E-state index in [9.17, 15) is 0 Å². The average molecular weight is 394 g/mol. The van der Waals surface area contributed by atoms with Crippen LogP contribution in [0, 0.1) is 172 Å². The number of terminal acetylenes is 1. The summed E-state index contributed by atoms with van der Waals surface area (Å²) in [6.07, 6.45) is 5.92. The van der Waals surface area contributed by atoms with Crippen LogP contribution in [0.15, 0.2) is 0 Å². The Kier molecular flexibility index (Phi) is 18.5. The summed E-state index contributed by atoms with van der Waals surface area (Å²) in [6, 6.07) is 0. The molecule has 0 saturated carbocycles. The third-order valence-electron chi connectivity index (χ3n) is 2.50. The van der Waals surface area contributed by atoms with Gasteiger partial charge in [-0.3, -0.25) is 0 Å². The maximum Gasteiger partial charge on any atom is 0.0182 e. The molecular formula is C32H10. The Labute approximate surface area is 192 Å². The van der Waals surface area contributed by atoms with Crippen LogP contribution in [0.5, 0.6) is 0 Å². The molecule has 0 heteroatoms. The zero-order valence-electron chi connectivity index (χ0n) is 17.4. The second-order valence-corrected chi connectivity index (χ2v) is 4.72. The monoisotopic (exact) mass is 394 g/mol. The predicted molar refractivity (Wildman–Crippen MR) is 129 cm³/mol. The topological polar surface area (TPSA) is 0 Å². The molecule has 0 N–H and O–H groups in total. The number of hydrogen-bond donors (Lipinski definition) is 0. The summed E-state index contributed by atoms with van der Waals surface area (Å²) in [4.78, 5) is 0. The Hall–Kier alpha value is -6.16. The minimum atomic E-state index is 0.336. The molecule has 0 aromatic heterocycles. The van der Waals surface area contributed by atoms with Crippen molar-refractivity contribution in [2.24, 2.45) is 5.92 Å². The van der Waals surface area contributed by atoms with Crippen LogP contribution in [0.25, 0.3) is 0 Å². The van der Waals surface area contributed by atoms with Crippen molar-refractivity contribution in [3.63, 3.8) is 0 Å². The molecule has 0 aromatic rings. The molecule has 0 bridgehead atoms. The van der Waals surface area contributed by atoms with Gasteiger partial charge >= 0.3 is 0 Å². The Bertz CT molecular complexity index is 1580. The molecule has 0 aromatic carbocycles. The normalized spacial score (nSPS) is 5.66. The van der Waals surface area contributed by atoms with Gasteiger partial charge in [-0.15, -0.1) is 6.42 Å². The summed E-state index contributed by atoms with van der Waals surface area (Å²) in [6.45, 7) is 4.11. The highest BCUT2D eigenvalue weighted by atomic mass is 13.9. The predicted octanol–water partition coefficient (Wildman–Crippen LogP) is 1.71. The second-order valence-electron chi connectivity index (χ2n) is 4.72. The van der Waals surface area contributed by atoms with Crippen LogP contribution in [0.3, 0.4) is 0 Å². The lowest BCUT2D eigenvalue weighted by atomic mass is 10.1. The van der Waals surface area contributed by atoms with E-state index in [0.29, 0.717) is 5.92 Å². The maximum absolute atomic E-state index is 4.93. The average Bonchev–Trinajstić information content (AvgIpc) is 2.81. The fraction of sp³-hybridized carbons (Fsp3) is 0.125. The molecule has 0 heterocycles. The van der Waals surface area contributed by atoms with E-state index < -0.39 is 0 Å². The van der Waals surface area contributed by atoms with Gasteiger partial charge in [-0.25, -0.2) is 0 Å². The third kappa shape index (κ3) is 21.9. The molecule has 0 radical (unpaired) electrons. The number of hydrogen-bond acceptors (Lipinski definition) is 0. The minimum Gasteiger partial charge on any atom is -0.106 e. The lowest BCUT2D eigenvalue weighted by Crippen LogP contribution is -1.83. The van der Waals surface area contributed by atoms with E-state index in [-0.39, 0.29) is 0 Å². The molecule has 0 saturated heterocycles. The molecule has 1 atom stereocenters. The summed E-state index contributed by atoms with van der Waals surface area (Å²) in [5.41, 5.74) is 0. The summed E-state index contributed by atoms with van der Waals surface area (Å²) < 4.78 is 0. The molecule has 0 aliphatic rings. The Morgan fingerprint density at radius 1 is 0.406 bits per heavy atom. The molecule has 0 fully saturated rings. The van der Waals surface area contributed by atoms with Crippen LogP contribution in [0.1, 0.15) is 20.3 Å². The van der Waals surface area contributed by atoms with Crippen molar-refractivity contribution in [1.29, 1.82) is 0 Å². The van der Waals surface area contributed by atoms with Crippen LogP contribution in [-0.2, 0) is 0 Å². The smallest absolute Gasteiger partial charge is 0.0182 e. The molecular weight excluding hydrogens is 384 g/mol. The quantitative estimate of drug-likeness (QED) is 0.594. The molecule has 138 valence electrons. The van der Waals surface area contributed by atoms with Gasteiger partial charge in [0.15, 0.2) is 0 Å². The fourth-order valence-electron chi connectivity index (χ4n) is 1.02. The van der Waals surface area contributed by atoms with Gasteiger partial charge in [0, 0.05) is 65.1 Å². The van der Waals surface area contributed by atoms with Crippen LogP contribution in [-0.4, -0.2) is 0 Å². The first kappa shape index (κ1) is 25.8. The van der Waals surface area contributed by atoms with E-state index in [1.54, 1.807) is 0 Å². The summed E-state index contributed by atoms with van der Waals surface area (Å²) in [5.74, 6) is 68.3. The highest BCUT2D eigenvalue weighted by molar-refractivity contribution is 5.48. The van der Waals surface area contributed by atoms with Gasteiger partial charge in [-0.05, 0) is 101 Å². The van der Waals surface area contributed by atoms with Gasteiger partial charge in [0.25, 0.3) is 0 Å². The van der Waals surface area contributed by atoms with Crippen molar-refractivity contribution < 1.29 is 0 Å². The first-order chi connectivity index (χ1) is 15.8. The zero-order chi connectivity index (χ0) is 23.4. The van der Waals surface area contributed by atoms with Gasteiger partial charge < -0.3 is 0 Å². The van der Waals surface area contributed by atoms with Crippen LogP contribution in [0.2, 0.25) is 0 Å². The van der Waals surface area contributed by atoms with Gasteiger partial charge in [0.05, 0.1) is 0 Å². The summed E-state index contributed by atoms with van der Waals surface area (Å²) in [5, 5.41) is 0. The van der Waals surface area contributed by atoms with Crippen molar-refractivity contribution in [3.8, 4) is 166 Å². The molecule has 0 amide bonds. The Morgan fingerprint density at radius 3 is 0.844 bits per heavy atom. The van der Waals surface area contributed by atoms with E-state index in [4.69, 9.17) is 6.42 Å². The molecule has 0 aliphatic carbocycles. The molecule has 0 aliphatic heterocycles. The molecule has 0 rings (SSSR count). The van der Waals surface area contributed by atoms with Crippen molar-refractivity contribution >= 4 is 0 Å². The van der Waals surface area contributed by atoms with Gasteiger partial charge in [0.2, 0.25) is 0 Å². The Balaban J connectivity index is 4.46. The van der Waals surface area contributed by atoms with Crippen molar-refractivity contribution in [3.05, 3.63) is 0 Å². The standard InChI is InChI=1S/C32H10/c1-4-6-7-8-9-10-11-12-13-14-15-16-17-18-19-20-21-22-23-24-25-26-27-28-29-30-31-32(3)5-2/h1,32H,5H2,2-3H3. The van der Waals surface area contributed by atoms with E-state index in [0.717, 1.165) is 6.42 Å². The van der Waals surface area contributed by atoms with E-state index >= 15 is 0 Å². The molecule has 0 spiro atoms. The van der Waals surface area contributed by atoms with Gasteiger partial charge in [0.1, 0.15) is 0 Å². The van der Waals surface area contributed by atoms with E-state index in [1.807, 2.05) is 6.92 Å². The maximum atomic E-state index is 4.93. The molecule has 1 unspecified atom stereocenters. The van der Waals surface area contributed by atoms with Crippen LogP contribution < -0.4 is 0 Å². The fourth-order valence-corrected chi connectivity index (χ4v) is 1.02. The second kappa shape index (κ2) is 22.9. The van der Waals surface area contributed by atoms with Gasteiger partial charge in [-0.1, -0.05) is 19.8 Å².